The standard InChI is InChI=1S/C33H31FN6O5/c1-43-29-15-23-26(16-30(29)44-2)36-18-37-33(23)45-28-13-19(3-8-25(28)34)38-32(42)24-17-40(20-4-5-20)27-14-21(6-7-22(27)31(24)41)39-11-9-35-10-12-39/h3,6-8,13-18,20,35H,4-5,9-12H2,1-2H3,(H,38,42). The summed E-state index contributed by atoms with van der Waals surface area (Å²) in [6.45, 7) is 3.59. The van der Waals surface area contributed by atoms with Crippen molar-refractivity contribution in [2.75, 3.05) is 50.6 Å². The minimum atomic E-state index is -0.665. The highest BCUT2D eigenvalue weighted by molar-refractivity contribution is 6.06. The Hall–Kier alpha value is -5.23. The molecule has 1 saturated carbocycles. The van der Waals surface area contributed by atoms with Gasteiger partial charge in [0.25, 0.3) is 5.91 Å². The third kappa shape index (κ3) is 5.48. The maximum absolute atomic E-state index is 14.9. The Balaban J connectivity index is 1.19. The summed E-state index contributed by atoms with van der Waals surface area (Å²) < 4.78 is 33.6. The largest absolute Gasteiger partial charge is 0.493 e. The number of piperazine rings is 1. The molecule has 3 heterocycles. The number of aromatic nitrogens is 3. The van der Waals surface area contributed by atoms with Gasteiger partial charge in [0.2, 0.25) is 11.3 Å². The molecule has 2 N–H and O–H groups in total. The van der Waals surface area contributed by atoms with Crippen LogP contribution < -0.4 is 35.2 Å². The minimum absolute atomic E-state index is 0.0129. The highest BCUT2D eigenvalue weighted by Crippen LogP contribution is 2.39. The third-order valence-electron chi connectivity index (χ3n) is 8.18. The monoisotopic (exact) mass is 610 g/mol. The lowest BCUT2D eigenvalue weighted by Crippen LogP contribution is -2.43. The number of carbonyl (C=O) groups excluding carboxylic acids is 1. The number of hydrogen-bond donors (Lipinski definition) is 2. The van der Waals surface area contributed by atoms with E-state index in [1.54, 1.807) is 18.3 Å². The second-order valence-electron chi connectivity index (χ2n) is 11.1. The van der Waals surface area contributed by atoms with Gasteiger partial charge in [-0.2, -0.15) is 0 Å². The summed E-state index contributed by atoms with van der Waals surface area (Å²) in [5.41, 5.74) is 2.29. The molecule has 230 valence electrons. The quantitative estimate of drug-likeness (QED) is 0.253. The van der Waals surface area contributed by atoms with E-state index in [9.17, 15) is 14.0 Å². The third-order valence-corrected chi connectivity index (χ3v) is 8.18. The van der Waals surface area contributed by atoms with Gasteiger partial charge in [-0.1, -0.05) is 0 Å². The molecule has 2 aromatic heterocycles. The molecule has 12 heteroatoms. The fourth-order valence-corrected chi connectivity index (χ4v) is 5.68. The number of carbonyl (C=O) groups is 1. The lowest BCUT2D eigenvalue weighted by atomic mass is 10.1. The molecule has 2 aliphatic rings. The fraction of sp³-hybridized carbons (Fsp3) is 0.273. The predicted molar refractivity (Wildman–Crippen MR) is 169 cm³/mol. The molecule has 0 radical (unpaired) electrons. The van der Waals surface area contributed by atoms with Crippen molar-refractivity contribution in [2.45, 2.75) is 18.9 Å². The van der Waals surface area contributed by atoms with Crippen LogP contribution in [0.3, 0.4) is 0 Å². The van der Waals surface area contributed by atoms with Crippen molar-refractivity contribution < 1.29 is 23.4 Å². The predicted octanol–water partition coefficient (Wildman–Crippen LogP) is 4.89. The normalized spacial score (nSPS) is 14.9. The molecule has 0 atom stereocenters. The highest BCUT2D eigenvalue weighted by atomic mass is 19.1. The van der Waals surface area contributed by atoms with Crippen molar-refractivity contribution in [3.05, 3.63) is 82.7 Å². The van der Waals surface area contributed by atoms with Crippen molar-refractivity contribution in [3.8, 4) is 23.1 Å². The van der Waals surface area contributed by atoms with Crippen LogP contribution in [0.15, 0.2) is 65.8 Å². The number of methoxy groups -OCH3 is 2. The molecule has 5 aromatic rings. The van der Waals surface area contributed by atoms with Gasteiger partial charge >= 0.3 is 0 Å². The van der Waals surface area contributed by atoms with Gasteiger partial charge in [0.1, 0.15) is 11.9 Å². The molecule has 0 unspecified atom stereocenters. The second kappa shape index (κ2) is 11.7. The topological polar surface area (TPSA) is 120 Å². The van der Waals surface area contributed by atoms with E-state index in [1.807, 2.05) is 22.8 Å². The molecular weight excluding hydrogens is 579 g/mol. The van der Waals surface area contributed by atoms with Crippen molar-refractivity contribution in [1.82, 2.24) is 19.9 Å². The van der Waals surface area contributed by atoms with Crippen LogP contribution in [0.5, 0.6) is 23.1 Å². The summed E-state index contributed by atoms with van der Waals surface area (Å²) in [5, 5.41) is 7.07. The number of halogens is 1. The van der Waals surface area contributed by atoms with Crippen molar-refractivity contribution in [2.24, 2.45) is 0 Å². The van der Waals surface area contributed by atoms with E-state index in [-0.39, 0.29) is 34.4 Å². The number of fused-ring (bicyclic) bond motifs is 2. The van der Waals surface area contributed by atoms with Crippen LogP contribution in [0, 0.1) is 5.82 Å². The highest BCUT2D eigenvalue weighted by Gasteiger charge is 2.27. The lowest BCUT2D eigenvalue weighted by molar-refractivity contribution is 0.102. The van der Waals surface area contributed by atoms with Gasteiger partial charge in [0.15, 0.2) is 23.1 Å². The van der Waals surface area contributed by atoms with Gasteiger partial charge in [0, 0.05) is 67.3 Å². The van der Waals surface area contributed by atoms with Crippen LogP contribution in [-0.4, -0.2) is 60.8 Å². The van der Waals surface area contributed by atoms with Crippen LogP contribution in [-0.2, 0) is 0 Å². The summed E-state index contributed by atoms with van der Waals surface area (Å²) in [7, 11) is 3.01. The molecule has 0 spiro atoms. The first kappa shape index (κ1) is 28.5. The summed E-state index contributed by atoms with van der Waals surface area (Å²) in [6, 6.07) is 13.3. The number of hydrogen-bond acceptors (Lipinski definition) is 9. The molecule has 7 rings (SSSR count). The molecule has 11 nitrogen and oxygen atoms in total. The first-order chi connectivity index (χ1) is 21.9. The van der Waals surface area contributed by atoms with Crippen LogP contribution in [0.2, 0.25) is 0 Å². The first-order valence-corrected chi connectivity index (χ1v) is 14.7. The summed E-state index contributed by atoms with van der Waals surface area (Å²) in [6.07, 6.45) is 4.90. The Morgan fingerprint density at radius 2 is 1.73 bits per heavy atom. The summed E-state index contributed by atoms with van der Waals surface area (Å²) >= 11 is 0. The van der Waals surface area contributed by atoms with Crippen molar-refractivity contribution in [1.29, 1.82) is 0 Å². The maximum Gasteiger partial charge on any atom is 0.261 e. The van der Waals surface area contributed by atoms with Gasteiger partial charge in [-0.05, 0) is 49.2 Å². The molecule has 0 bridgehead atoms. The zero-order valence-electron chi connectivity index (χ0n) is 24.8. The number of amides is 1. The summed E-state index contributed by atoms with van der Waals surface area (Å²) in [4.78, 5) is 37.9. The van der Waals surface area contributed by atoms with Crippen LogP contribution in [0.4, 0.5) is 15.8 Å². The van der Waals surface area contributed by atoms with Gasteiger partial charge in [-0.25, -0.2) is 14.4 Å². The van der Waals surface area contributed by atoms with Crippen LogP contribution in [0.1, 0.15) is 29.2 Å². The van der Waals surface area contributed by atoms with Crippen LogP contribution >= 0.6 is 0 Å². The molecule has 3 aromatic carbocycles. The Labute approximate surface area is 257 Å². The van der Waals surface area contributed by atoms with Crippen molar-refractivity contribution >= 4 is 39.1 Å². The van der Waals surface area contributed by atoms with E-state index < -0.39 is 11.7 Å². The van der Waals surface area contributed by atoms with Gasteiger partial charge in [0.05, 0.1) is 30.6 Å². The van der Waals surface area contributed by atoms with E-state index in [1.165, 1.54) is 38.7 Å². The lowest BCUT2D eigenvalue weighted by Gasteiger charge is -2.29. The second-order valence-corrected chi connectivity index (χ2v) is 11.1. The molecule has 1 amide bonds. The van der Waals surface area contributed by atoms with E-state index >= 15 is 0 Å². The van der Waals surface area contributed by atoms with E-state index in [2.05, 4.69) is 25.5 Å². The SMILES string of the molecule is COc1cc2ncnc(Oc3cc(NC(=O)c4cn(C5CC5)c5cc(N6CCNCC6)ccc5c4=O)ccc3F)c2cc1OC. The zero-order chi connectivity index (χ0) is 31.1. The molecular formula is C33H31FN6O5. The molecule has 45 heavy (non-hydrogen) atoms. The Kier molecular flexibility index (Phi) is 7.42. The number of nitrogens with zero attached hydrogens (tertiary/aromatic N) is 4. The smallest absolute Gasteiger partial charge is 0.261 e. The van der Waals surface area contributed by atoms with Gasteiger partial charge < -0.3 is 34.3 Å². The average Bonchev–Trinajstić information content (AvgIpc) is 3.92. The number of benzene rings is 3. The molecule has 2 fully saturated rings. The number of nitrogens with one attached hydrogen (secondary N) is 2. The molecule has 1 aliphatic carbocycles. The van der Waals surface area contributed by atoms with E-state index in [0.29, 0.717) is 27.8 Å². The number of anilines is 2. The van der Waals surface area contributed by atoms with Gasteiger partial charge in [-0.3, -0.25) is 9.59 Å². The first-order valence-electron chi connectivity index (χ1n) is 14.7. The van der Waals surface area contributed by atoms with Crippen molar-refractivity contribution in [3.63, 3.8) is 0 Å². The molecule has 1 saturated heterocycles. The Morgan fingerprint density at radius 1 is 0.956 bits per heavy atom. The Bertz CT molecular complexity index is 2000. The number of ether oxygens (including phenoxy) is 3. The van der Waals surface area contributed by atoms with E-state index in [4.69, 9.17) is 14.2 Å². The number of rotatable bonds is 8. The fourth-order valence-electron chi connectivity index (χ4n) is 5.68. The maximum atomic E-state index is 14.9. The number of pyridine rings is 1. The van der Waals surface area contributed by atoms with Gasteiger partial charge in [-0.15, -0.1) is 0 Å². The molecule has 1 aliphatic heterocycles. The summed E-state index contributed by atoms with van der Waals surface area (Å²) in [5.74, 6) is -0.438. The van der Waals surface area contributed by atoms with E-state index in [0.717, 1.165) is 50.2 Å². The Morgan fingerprint density at radius 3 is 2.49 bits per heavy atom. The van der Waals surface area contributed by atoms with Crippen LogP contribution in [0.25, 0.3) is 21.8 Å². The minimum Gasteiger partial charge on any atom is -0.493 e. The average molecular weight is 611 g/mol. The zero-order valence-corrected chi connectivity index (χ0v) is 24.8.